The molecule has 0 bridgehead atoms. The Morgan fingerprint density at radius 3 is 2.17 bits per heavy atom. The minimum absolute atomic E-state index is 0.148. The number of ether oxygens (including phenoxy) is 1. The summed E-state index contributed by atoms with van der Waals surface area (Å²) >= 11 is 3.02. The fourth-order valence-electron chi connectivity index (χ4n) is 6.00. The minimum atomic E-state index is -0.779. The summed E-state index contributed by atoms with van der Waals surface area (Å²) in [6.45, 7) is 6.75. The third-order valence-electron chi connectivity index (χ3n) is 8.90. The Labute approximate surface area is 320 Å². The summed E-state index contributed by atoms with van der Waals surface area (Å²) in [7, 11) is 1.71. The van der Waals surface area contributed by atoms with Gasteiger partial charge in [-0.3, -0.25) is 14.8 Å². The first kappa shape index (κ1) is 39.4. The Morgan fingerprint density at radius 2 is 1.58 bits per heavy atom. The number of aliphatic imine (C=N–C) groups is 1. The van der Waals surface area contributed by atoms with E-state index in [4.69, 9.17) is 4.74 Å². The molecule has 53 heavy (non-hydrogen) atoms. The number of carbonyl (C=O) groups excluding carboxylic acids is 3. The van der Waals surface area contributed by atoms with Crippen LogP contribution in [-0.2, 0) is 35.5 Å². The van der Waals surface area contributed by atoms with Crippen LogP contribution in [0.15, 0.2) is 82.7 Å². The summed E-state index contributed by atoms with van der Waals surface area (Å²) < 4.78 is 5.52. The van der Waals surface area contributed by atoms with E-state index in [9.17, 15) is 14.4 Å². The molecule has 282 valence electrons. The molecule has 2 aromatic heterocycles. The molecule has 0 radical (unpaired) electrons. The van der Waals surface area contributed by atoms with Gasteiger partial charge in [0, 0.05) is 49.7 Å². The zero-order chi connectivity index (χ0) is 37.4. The predicted octanol–water partition coefficient (Wildman–Crippen LogP) is 6.01. The lowest BCUT2D eigenvalue weighted by molar-refractivity contribution is -0.124. The van der Waals surface area contributed by atoms with Crippen LogP contribution >= 0.6 is 22.7 Å². The molecule has 3 N–H and O–H groups in total. The molecule has 0 unspecified atom stereocenters. The summed E-state index contributed by atoms with van der Waals surface area (Å²) in [6, 6.07) is 18.4. The number of carbonyl (C=O) groups is 3. The molecule has 3 atom stereocenters. The van der Waals surface area contributed by atoms with Crippen molar-refractivity contribution < 1.29 is 19.1 Å². The summed E-state index contributed by atoms with van der Waals surface area (Å²) in [5, 5.41) is 12.4. The first-order valence-corrected chi connectivity index (χ1v) is 19.9. The van der Waals surface area contributed by atoms with Gasteiger partial charge < -0.3 is 30.5 Å². The largest absolute Gasteiger partial charge is 0.444 e. The van der Waals surface area contributed by atoms with E-state index in [2.05, 4.69) is 49.7 Å². The third kappa shape index (κ3) is 13.3. The van der Waals surface area contributed by atoms with Gasteiger partial charge in [-0.05, 0) is 43.2 Å². The van der Waals surface area contributed by atoms with Crippen molar-refractivity contribution in [1.82, 2.24) is 35.7 Å². The molecule has 0 spiro atoms. The molecule has 0 saturated carbocycles. The molecule has 0 aliphatic carbocycles. The molecule has 1 aliphatic heterocycles. The standard InChI is InChI=1S/C39H50N8O4S2/c1-28(2)37-43-33(25-52-37)23-46(3)38(49)45-35(16-18-47-19-17-40-26-47)36(48)42-31(20-29-10-6-4-7-11-29)14-15-32(21-30-12-8-5-9-13-30)44-39(50)51-24-34-22-41-27-53-34/h4-13,22,25-28,31-32,35H,14-21,23-24H2,1-3H3,(H,42,48)(H,44,50)(H,45,49)/t31-,32-,35+/m1/s1. The topological polar surface area (TPSA) is 141 Å². The first-order chi connectivity index (χ1) is 25.7. The van der Waals surface area contributed by atoms with Crippen molar-refractivity contribution in [1.29, 1.82) is 0 Å². The van der Waals surface area contributed by atoms with Gasteiger partial charge in [-0.1, -0.05) is 74.5 Å². The van der Waals surface area contributed by atoms with Gasteiger partial charge in [0.05, 0.1) is 40.5 Å². The molecule has 2 aromatic carbocycles. The van der Waals surface area contributed by atoms with E-state index in [1.807, 2.05) is 66.0 Å². The Kier molecular flexibility index (Phi) is 15.2. The SMILES string of the molecule is CC(C)c1nc(CN(C)C(=O)N[C@@H](CCN2C=NCC2)C(=O)N[C@H](CC[C@H](Cc2ccccc2)NC(=O)OCc2cncs2)Cc2ccccc2)cs1. The van der Waals surface area contributed by atoms with Crippen LogP contribution in [0.2, 0.25) is 0 Å². The van der Waals surface area contributed by atoms with Gasteiger partial charge in [-0.2, -0.15) is 0 Å². The van der Waals surface area contributed by atoms with Crippen LogP contribution in [0, 0.1) is 0 Å². The first-order valence-electron chi connectivity index (χ1n) is 18.1. The number of hydrogen-bond acceptors (Lipinski definition) is 10. The van der Waals surface area contributed by atoms with E-state index in [-0.39, 0.29) is 30.6 Å². The lowest BCUT2D eigenvalue weighted by atomic mass is 9.95. The second kappa shape index (κ2) is 20.4. The second-order valence-electron chi connectivity index (χ2n) is 13.6. The van der Waals surface area contributed by atoms with E-state index >= 15 is 0 Å². The van der Waals surface area contributed by atoms with Crippen molar-refractivity contribution in [3.63, 3.8) is 0 Å². The number of rotatable bonds is 19. The van der Waals surface area contributed by atoms with E-state index in [0.717, 1.165) is 33.3 Å². The highest BCUT2D eigenvalue weighted by Crippen LogP contribution is 2.20. The van der Waals surface area contributed by atoms with Gasteiger partial charge >= 0.3 is 12.1 Å². The number of hydrogen-bond donors (Lipinski definition) is 3. The number of nitrogens with one attached hydrogen (secondary N) is 3. The number of amides is 4. The third-order valence-corrected chi connectivity index (χ3v) is 10.8. The maximum Gasteiger partial charge on any atom is 0.407 e. The number of nitrogens with zero attached hydrogens (tertiary/aromatic N) is 5. The number of benzene rings is 2. The van der Waals surface area contributed by atoms with Crippen LogP contribution in [0.25, 0.3) is 0 Å². The molecule has 4 amide bonds. The highest BCUT2D eigenvalue weighted by Gasteiger charge is 2.27. The van der Waals surface area contributed by atoms with E-state index in [1.54, 1.807) is 41.3 Å². The zero-order valence-corrected chi connectivity index (χ0v) is 32.3. The van der Waals surface area contributed by atoms with E-state index in [0.29, 0.717) is 57.7 Å². The summed E-state index contributed by atoms with van der Waals surface area (Å²) in [6.07, 6.45) is 5.74. The van der Waals surface area contributed by atoms with Gasteiger partial charge in [-0.25, -0.2) is 14.6 Å². The fraction of sp³-hybridized carbons (Fsp3) is 0.436. The van der Waals surface area contributed by atoms with Crippen molar-refractivity contribution >= 4 is 47.0 Å². The average molecular weight is 759 g/mol. The Morgan fingerprint density at radius 1 is 0.906 bits per heavy atom. The Bertz CT molecular complexity index is 1740. The lowest BCUT2D eigenvalue weighted by Gasteiger charge is -2.28. The molecule has 0 saturated heterocycles. The number of urea groups is 1. The molecule has 5 rings (SSSR count). The van der Waals surface area contributed by atoms with Crippen molar-refractivity contribution in [3.05, 3.63) is 104 Å². The maximum atomic E-state index is 14.2. The monoisotopic (exact) mass is 758 g/mol. The molecule has 1 aliphatic rings. The lowest BCUT2D eigenvalue weighted by Crippen LogP contribution is -2.53. The van der Waals surface area contributed by atoms with Crippen LogP contribution in [0.4, 0.5) is 9.59 Å². The van der Waals surface area contributed by atoms with Gasteiger partial charge in [0.2, 0.25) is 5.91 Å². The van der Waals surface area contributed by atoms with Crippen molar-refractivity contribution in [2.24, 2.45) is 4.99 Å². The minimum Gasteiger partial charge on any atom is -0.444 e. The van der Waals surface area contributed by atoms with Crippen LogP contribution in [0.1, 0.15) is 65.7 Å². The van der Waals surface area contributed by atoms with Crippen molar-refractivity contribution in [3.8, 4) is 0 Å². The highest BCUT2D eigenvalue weighted by molar-refractivity contribution is 7.09. The van der Waals surface area contributed by atoms with E-state index in [1.165, 1.54) is 11.3 Å². The van der Waals surface area contributed by atoms with Crippen molar-refractivity contribution in [2.75, 3.05) is 26.7 Å². The van der Waals surface area contributed by atoms with Gasteiger partial charge in [-0.15, -0.1) is 22.7 Å². The number of thiazole rings is 2. The molecule has 4 aromatic rings. The fourth-order valence-corrected chi connectivity index (χ4v) is 7.33. The predicted molar refractivity (Wildman–Crippen MR) is 210 cm³/mol. The molecular formula is C39H50N8O4S2. The van der Waals surface area contributed by atoms with Crippen LogP contribution in [-0.4, -0.2) is 88.9 Å². The van der Waals surface area contributed by atoms with Gasteiger partial charge in [0.15, 0.2) is 0 Å². The molecule has 0 fully saturated rings. The van der Waals surface area contributed by atoms with Crippen LogP contribution in [0.3, 0.4) is 0 Å². The average Bonchev–Trinajstić information content (AvgIpc) is 3.96. The number of aromatic nitrogens is 2. The Hall–Kier alpha value is -4.82. The normalized spacial score (nSPS) is 14.1. The number of alkyl carbamates (subject to hydrolysis) is 1. The molecule has 12 nitrogen and oxygen atoms in total. The zero-order valence-electron chi connectivity index (χ0n) is 30.6. The summed E-state index contributed by atoms with van der Waals surface area (Å²) in [5.74, 6) is 0.0578. The highest BCUT2D eigenvalue weighted by atomic mass is 32.1. The summed E-state index contributed by atoms with van der Waals surface area (Å²) in [5.41, 5.74) is 4.68. The molecular weight excluding hydrogens is 709 g/mol. The maximum absolute atomic E-state index is 14.2. The van der Waals surface area contributed by atoms with Crippen LogP contribution in [0.5, 0.6) is 0 Å². The molecule has 3 heterocycles. The van der Waals surface area contributed by atoms with Gasteiger partial charge in [0.1, 0.15) is 12.6 Å². The van der Waals surface area contributed by atoms with Crippen molar-refractivity contribution in [2.45, 2.75) is 83.1 Å². The van der Waals surface area contributed by atoms with Gasteiger partial charge in [0.25, 0.3) is 0 Å². The second-order valence-corrected chi connectivity index (χ2v) is 15.4. The van der Waals surface area contributed by atoms with Crippen LogP contribution < -0.4 is 16.0 Å². The van der Waals surface area contributed by atoms with E-state index < -0.39 is 12.1 Å². The quantitative estimate of drug-likeness (QED) is 0.106. The molecule has 14 heteroatoms. The smallest absolute Gasteiger partial charge is 0.407 e. The summed E-state index contributed by atoms with van der Waals surface area (Å²) in [4.78, 5) is 58.1. The Balaban J connectivity index is 1.27.